The number of aromatic nitrogens is 1. The Morgan fingerprint density at radius 3 is 2.65 bits per heavy atom. The van der Waals surface area contributed by atoms with E-state index in [4.69, 9.17) is 11.5 Å². The van der Waals surface area contributed by atoms with Crippen molar-refractivity contribution in [2.45, 2.75) is 26.3 Å². The molecule has 2 unspecified atom stereocenters. The van der Waals surface area contributed by atoms with Crippen LogP contribution in [-0.2, 0) is 0 Å². The van der Waals surface area contributed by atoms with Crippen LogP contribution in [-0.4, -0.2) is 11.5 Å². The molecule has 3 heteroatoms. The third-order valence-electron chi connectivity index (χ3n) is 3.61. The van der Waals surface area contributed by atoms with Crippen LogP contribution in [0, 0.1) is 12.8 Å². The lowest BCUT2D eigenvalue weighted by Crippen LogP contribution is -2.27. The van der Waals surface area contributed by atoms with Gasteiger partial charge in [-0.1, -0.05) is 31.5 Å². The summed E-state index contributed by atoms with van der Waals surface area (Å²) in [5, 5.41) is 1.23. The number of fused-ring (bicyclic) bond motifs is 1. The average molecular weight is 231 g/mol. The maximum Gasteiger partial charge on any atom is 0.0459 e. The Kier molecular flexibility index (Phi) is 3.50. The van der Waals surface area contributed by atoms with Crippen molar-refractivity contribution in [2.75, 3.05) is 6.54 Å². The summed E-state index contributed by atoms with van der Waals surface area (Å²) in [5.41, 5.74) is 15.7. The normalized spacial score (nSPS) is 15.1. The summed E-state index contributed by atoms with van der Waals surface area (Å²) >= 11 is 0. The van der Waals surface area contributed by atoms with E-state index in [2.05, 4.69) is 37.0 Å². The van der Waals surface area contributed by atoms with Gasteiger partial charge in [-0.25, -0.2) is 0 Å². The molecule has 0 aliphatic rings. The van der Waals surface area contributed by atoms with Crippen LogP contribution in [0.2, 0.25) is 0 Å². The molecule has 2 aromatic rings. The second kappa shape index (κ2) is 4.90. The Bertz CT molecular complexity index is 497. The fourth-order valence-electron chi connectivity index (χ4n) is 2.53. The molecule has 0 saturated carbocycles. The lowest BCUT2D eigenvalue weighted by atomic mass is 9.90. The molecule has 0 radical (unpaired) electrons. The van der Waals surface area contributed by atoms with Crippen molar-refractivity contribution in [3.8, 4) is 0 Å². The molecule has 1 heterocycles. The zero-order chi connectivity index (χ0) is 12.4. The SMILES string of the molecule is CCC(CN)C(N)c1c(C)[nH]c2ccccc12. The van der Waals surface area contributed by atoms with Gasteiger partial charge < -0.3 is 16.5 Å². The molecule has 0 saturated heterocycles. The molecule has 2 atom stereocenters. The van der Waals surface area contributed by atoms with Gasteiger partial charge in [0.2, 0.25) is 0 Å². The van der Waals surface area contributed by atoms with E-state index in [1.165, 1.54) is 10.9 Å². The molecule has 0 aliphatic heterocycles. The zero-order valence-electron chi connectivity index (χ0n) is 10.5. The Morgan fingerprint density at radius 2 is 2.00 bits per heavy atom. The minimum Gasteiger partial charge on any atom is -0.358 e. The molecule has 0 spiro atoms. The van der Waals surface area contributed by atoms with Gasteiger partial charge >= 0.3 is 0 Å². The number of H-pyrrole nitrogens is 1. The van der Waals surface area contributed by atoms with E-state index >= 15 is 0 Å². The molecule has 0 bridgehead atoms. The predicted octanol–water partition coefficient (Wildman–Crippen LogP) is 2.46. The highest BCUT2D eigenvalue weighted by Crippen LogP contribution is 2.31. The van der Waals surface area contributed by atoms with Gasteiger partial charge in [-0.2, -0.15) is 0 Å². The van der Waals surface area contributed by atoms with Crippen molar-refractivity contribution in [2.24, 2.45) is 17.4 Å². The molecule has 5 N–H and O–H groups in total. The van der Waals surface area contributed by atoms with Crippen LogP contribution in [0.25, 0.3) is 10.9 Å². The number of aromatic amines is 1. The first-order chi connectivity index (χ1) is 8.19. The van der Waals surface area contributed by atoms with Crippen LogP contribution in [0.3, 0.4) is 0 Å². The first-order valence-corrected chi connectivity index (χ1v) is 6.21. The summed E-state index contributed by atoms with van der Waals surface area (Å²) in [6.45, 7) is 4.86. The number of hydrogen-bond acceptors (Lipinski definition) is 2. The van der Waals surface area contributed by atoms with Crippen LogP contribution in [0.15, 0.2) is 24.3 Å². The van der Waals surface area contributed by atoms with E-state index in [-0.39, 0.29) is 6.04 Å². The van der Waals surface area contributed by atoms with Gasteiger partial charge in [0.25, 0.3) is 0 Å². The number of rotatable bonds is 4. The number of hydrogen-bond donors (Lipinski definition) is 3. The summed E-state index contributed by atoms with van der Waals surface area (Å²) in [7, 11) is 0. The first kappa shape index (κ1) is 12.1. The molecule has 1 aromatic carbocycles. The van der Waals surface area contributed by atoms with E-state index in [0.29, 0.717) is 12.5 Å². The minimum absolute atomic E-state index is 0.0150. The highest BCUT2D eigenvalue weighted by atomic mass is 14.8. The maximum atomic E-state index is 6.37. The zero-order valence-corrected chi connectivity index (χ0v) is 10.5. The van der Waals surface area contributed by atoms with E-state index in [1.54, 1.807) is 0 Å². The summed E-state index contributed by atoms with van der Waals surface area (Å²) in [5.74, 6) is 0.341. The first-order valence-electron chi connectivity index (χ1n) is 6.21. The molecular weight excluding hydrogens is 210 g/mol. The van der Waals surface area contributed by atoms with Gasteiger partial charge in [-0.15, -0.1) is 0 Å². The predicted molar refractivity (Wildman–Crippen MR) is 72.8 cm³/mol. The molecule has 2 rings (SSSR count). The van der Waals surface area contributed by atoms with E-state index in [1.807, 2.05) is 6.07 Å². The molecule has 3 nitrogen and oxygen atoms in total. The van der Waals surface area contributed by atoms with Crippen LogP contribution in [0.1, 0.15) is 30.6 Å². The Labute approximate surface area is 102 Å². The number of nitrogens with two attached hydrogens (primary N) is 2. The Hall–Kier alpha value is -1.32. The second-order valence-corrected chi connectivity index (χ2v) is 4.64. The van der Waals surface area contributed by atoms with E-state index < -0.39 is 0 Å². The van der Waals surface area contributed by atoms with Crippen molar-refractivity contribution in [3.63, 3.8) is 0 Å². The molecule has 17 heavy (non-hydrogen) atoms. The van der Waals surface area contributed by atoms with Crippen molar-refractivity contribution in [1.82, 2.24) is 4.98 Å². The van der Waals surface area contributed by atoms with Crippen LogP contribution < -0.4 is 11.5 Å². The van der Waals surface area contributed by atoms with Gasteiger partial charge in [0, 0.05) is 22.6 Å². The topological polar surface area (TPSA) is 67.8 Å². The van der Waals surface area contributed by atoms with Crippen LogP contribution >= 0.6 is 0 Å². The van der Waals surface area contributed by atoms with E-state index in [0.717, 1.165) is 17.6 Å². The largest absolute Gasteiger partial charge is 0.358 e. The lowest BCUT2D eigenvalue weighted by Gasteiger charge is -2.21. The number of benzene rings is 1. The van der Waals surface area contributed by atoms with Gasteiger partial charge in [-0.05, 0) is 31.0 Å². The van der Waals surface area contributed by atoms with Crippen molar-refractivity contribution < 1.29 is 0 Å². The third kappa shape index (κ3) is 2.08. The smallest absolute Gasteiger partial charge is 0.0459 e. The van der Waals surface area contributed by atoms with Crippen LogP contribution in [0.5, 0.6) is 0 Å². The standard InChI is InChI=1S/C14H21N3/c1-3-10(8-15)14(16)13-9(2)17-12-7-5-4-6-11(12)13/h4-7,10,14,17H,3,8,15-16H2,1-2H3. The monoisotopic (exact) mass is 231 g/mol. The molecule has 0 fully saturated rings. The van der Waals surface area contributed by atoms with Gasteiger partial charge in [-0.3, -0.25) is 0 Å². The maximum absolute atomic E-state index is 6.37. The molecule has 1 aromatic heterocycles. The lowest BCUT2D eigenvalue weighted by molar-refractivity contribution is 0.429. The van der Waals surface area contributed by atoms with Gasteiger partial charge in [0.05, 0.1) is 0 Å². The fraction of sp³-hybridized carbons (Fsp3) is 0.429. The van der Waals surface area contributed by atoms with Crippen LogP contribution in [0.4, 0.5) is 0 Å². The third-order valence-corrected chi connectivity index (χ3v) is 3.61. The molecule has 92 valence electrons. The summed E-state index contributed by atoms with van der Waals surface area (Å²) in [4.78, 5) is 3.39. The molecule has 0 amide bonds. The van der Waals surface area contributed by atoms with Gasteiger partial charge in [0.15, 0.2) is 0 Å². The van der Waals surface area contributed by atoms with E-state index in [9.17, 15) is 0 Å². The minimum atomic E-state index is 0.0150. The van der Waals surface area contributed by atoms with Crippen molar-refractivity contribution in [1.29, 1.82) is 0 Å². The summed E-state index contributed by atoms with van der Waals surface area (Å²) in [6.07, 6.45) is 1.01. The van der Waals surface area contributed by atoms with Crippen molar-refractivity contribution >= 4 is 10.9 Å². The Balaban J connectivity index is 2.50. The highest BCUT2D eigenvalue weighted by molar-refractivity contribution is 5.85. The molecule has 0 aliphatic carbocycles. The summed E-state index contributed by atoms with van der Waals surface area (Å²) < 4.78 is 0. The summed E-state index contributed by atoms with van der Waals surface area (Å²) in [6, 6.07) is 8.31. The highest BCUT2D eigenvalue weighted by Gasteiger charge is 2.21. The number of nitrogens with one attached hydrogen (secondary N) is 1. The fourth-order valence-corrected chi connectivity index (χ4v) is 2.53. The Morgan fingerprint density at radius 1 is 1.29 bits per heavy atom. The van der Waals surface area contributed by atoms with Crippen molar-refractivity contribution in [3.05, 3.63) is 35.5 Å². The number of para-hydroxylation sites is 1. The van der Waals surface area contributed by atoms with Gasteiger partial charge in [0.1, 0.15) is 0 Å². The molecular formula is C14H21N3. The quantitative estimate of drug-likeness (QED) is 0.756. The number of aryl methyl sites for hydroxylation is 1. The second-order valence-electron chi connectivity index (χ2n) is 4.64. The average Bonchev–Trinajstić information content (AvgIpc) is 2.66.